The molecule has 0 aromatic heterocycles. The van der Waals surface area contributed by atoms with Crippen molar-refractivity contribution in [2.24, 2.45) is 0 Å². The minimum Gasteiger partial charge on any atom is -0.294 e. The number of nitrogens with one attached hydrogen (secondary N) is 1. The summed E-state index contributed by atoms with van der Waals surface area (Å²) in [5, 5.41) is 1.89. The van der Waals surface area contributed by atoms with Crippen molar-refractivity contribution in [2.75, 3.05) is 5.43 Å². The molecule has 116 valence electrons. The summed E-state index contributed by atoms with van der Waals surface area (Å²) >= 11 is 5.22. The number of allylic oxidation sites excluding steroid dienone is 1. The molecule has 0 aliphatic carbocycles. The lowest BCUT2D eigenvalue weighted by atomic mass is 10.3. The van der Waals surface area contributed by atoms with E-state index in [9.17, 15) is 0 Å². The standard InChI is InChI=1S/C11H12N2S.C6H6.C2H6/c1-9-7-8-11(14)13(9)12-10-5-3-2-4-6-10;1-2-4-6-5-3-1;1-2/h2-6,12H,1,7-8H2;1-6H;1-2H3. The molecule has 1 fully saturated rings. The molecule has 2 nitrogen and oxygen atoms in total. The van der Waals surface area contributed by atoms with Gasteiger partial charge in [-0.2, -0.15) is 0 Å². The van der Waals surface area contributed by atoms with E-state index in [1.165, 1.54) is 0 Å². The van der Waals surface area contributed by atoms with Crippen molar-refractivity contribution < 1.29 is 0 Å². The van der Waals surface area contributed by atoms with Crippen LogP contribution >= 0.6 is 12.2 Å². The van der Waals surface area contributed by atoms with Gasteiger partial charge in [0.2, 0.25) is 0 Å². The molecule has 22 heavy (non-hydrogen) atoms. The van der Waals surface area contributed by atoms with Crippen LogP contribution in [0.3, 0.4) is 0 Å². The van der Waals surface area contributed by atoms with Crippen molar-refractivity contribution in [1.82, 2.24) is 5.01 Å². The molecule has 3 heteroatoms. The Bertz CT molecular complexity index is 509. The average molecular weight is 312 g/mol. The summed E-state index contributed by atoms with van der Waals surface area (Å²) < 4.78 is 0. The van der Waals surface area contributed by atoms with Crippen molar-refractivity contribution in [3.05, 3.63) is 79.0 Å². The van der Waals surface area contributed by atoms with Gasteiger partial charge in [-0.25, -0.2) is 0 Å². The highest BCUT2D eigenvalue weighted by Crippen LogP contribution is 2.22. The lowest BCUT2D eigenvalue weighted by Crippen LogP contribution is -2.27. The zero-order chi connectivity index (χ0) is 16.2. The monoisotopic (exact) mass is 312 g/mol. The third-order valence-electron chi connectivity index (χ3n) is 2.87. The number of thiocarbonyl (C=S) groups is 1. The van der Waals surface area contributed by atoms with Gasteiger partial charge in [-0.15, -0.1) is 0 Å². The van der Waals surface area contributed by atoms with Gasteiger partial charge in [0, 0.05) is 12.1 Å². The number of nitrogens with zero attached hydrogens (tertiary/aromatic N) is 1. The predicted molar refractivity (Wildman–Crippen MR) is 101 cm³/mol. The molecule has 1 saturated heterocycles. The molecular formula is C19H24N2S. The average Bonchev–Trinajstić information content (AvgIpc) is 2.92. The normalized spacial score (nSPS) is 12.7. The molecule has 0 atom stereocenters. The lowest BCUT2D eigenvalue weighted by molar-refractivity contribution is 0.645. The van der Waals surface area contributed by atoms with Crippen molar-refractivity contribution >= 4 is 22.9 Å². The van der Waals surface area contributed by atoms with Crippen LogP contribution in [-0.4, -0.2) is 10.00 Å². The first-order chi connectivity index (χ1) is 10.8. The van der Waals surface area contributed by atoms with E-state index >= 15 is 0 Å². The molecule has 0 unspecified atom stereocenters. The van der Waals surface area contributed by atoms with Crippen molar-refractivity contribution in [1.29, 1.82) is 0 Å². The van der Waals surface area contributed by atoms with Crippen LogP contribution in [0.1, 0.15) is 26.7 Å². The van der Waals surface area contributed by atoms with Crippen LogP contribution in [0.25, 0.3) is 0 Å². The van der Waals surface area contributed by atoms with Crippen LogP contribution in [0.2, 0.25) is 0 Å². The number of anilines is 1. The molecule has 0 radical (unpaired) electrons. The van der Waals surface area contributed by atoms with Crippen LogP contribution in [0, 0.1) is 0 Å². The van der Waals surface area contributed by atoms with Gasteiger partial charge in [0.15, 0.2) is 0 Å². The molecule has 0 saturated carbocycles. The highest BCUT2D eigenvalue weighted by Gasteiger charge is 2.20. The second-order valence-electron chi connectivity index (χ2n) is 4.43. The first-order valence-electron chi connectivity index (χ1n) is 7.60. The molecule has 1 N–H and O–H groups in total. The first kappa shape index (κ1) is 17.9. The summed E-state index contributed by atoms with van der Waals surface area (Å²) in [5.41, 5.74) is 5.31. The van der Waals surface area contributed by atoms with Gasteiger partial charge < -0.3 is 0 Å². The quantitative estimate of drug-likeness (QED) is 0.720. The fourth-order valence-electron chi connectivity index (χ4n) is 1.82. The SMILES string of the molecule is C=C1CCC(=S)N1Nc1ccccc1.CC.c1ccccc1. The van der Waals surface area contributed by atoms with E-state index in [-0.39, 0.29) is 0 Å². The number of rotatable bonds is 2. The topological polar surface area (TPSA) is 15.3 Å². The fraction of sp³-hybridized carbons (Fsp3) is 0.211. The predicted octanol–water partition coefficient (Wildman–Crippen LogP) is 5.66. The summed E-state index contributed by atoms with van der Waals surface area (Å²) in [4.78, 5) is 0.916. The molecule has 2 aromatic carbocycles. The molecule has 2 aromatic rings. The van der Waals surface area contributed by atoms with Gasteiger partial charge in [0.1, 0.15) is 4.99 Å². The van der Waals surface area contributed by atoms with Gasteiger partial charge in [-0.05, 0) is 18.6 Å². The van der Waals surface area contributed by atoms with E-state index in [1.807, 2.05) is 85.6 Å². The van der Waals surface area contributed by atoms with Gasteiger partial charge in [0.05, 0.1) is 5.69 Å². The van der Waals surface area contributed by atoms with Crippen LogP contribution in [-0.2, 0) is 0 Å². The van der Waals surface area contributed by atoms with E-state index in [4.69, 9.17) is 12.2 Å². The van der Waals surface area contributed by atoms with E-state index in [0.29, 0.717) is 0 Å². The Labute approximate surface area is 139 Å². The van der Waals surface area contributed by atoms with Crippen molar-refractivity contribution in [2.45, 2.75) is 26.7 Å². The Hall–Kier alpha value is -2.13. The van der Waals surface area contributed by atoms with Crippen molar-refractivity contribution in [3.63, 3.8) is 0 Å². The van der Waals surface area contributed by atoms with Crippen LogP contribution in [0.15, 0.2) is 79.0 Å². The number of benzene rings is 2. The highest BCUT2D eigenvalue weighted by molar-refractivity contribution is 7.80. The summed E-state index contributed by atoms with van der Waals surface area (Å²) in [6, 6.07) is 22.0. The summed E-state index contributed by atoms with van der Waals surface area (Å²) in [6.07, 6.45) is 1.88. The van der Waals surface area contributed by atoms with Crippen LogP contribution < -0.4 is 5.43 Å². The zero-order valence-electron chi connectivity index (χ0n) is 13.3. The largest absolute Gasteiger partial charge is 0.294 e. The summed E-state index contributed by atoms with van der Waals surface area (Å²) in [5.74, 6) is 0. The summed E-state index contributed by atoms with van der Waals surface area (Å²) in [6.45, 7) is 7.96. The third-order valence-corrected chi connectivity index (χ3v) is 3.26. The van der Waals surface area contributed by atoms with Crippen LogP contribution in [0.5, 0.6) is 0 Å². The maximum atomic E-state index is 5.22. The molecule has 1 aliphatic rings. The van der Waals surface area contributed by atoms with E-state index in [0.717, 1.165) is 29.2 Å². The highest BCUT2D eigenvalue weighted by atomic mass is 32.1. The Morgan fingerprint density at radius 2 is 1.32 bits per heavy atom. The number of hydrazine groups is 1. The Balaban J connectivity index is 0.000000253. The van der Waals surface area contributed by atoms with Gasteiger partial charge in [0.25, 0.3) is 0 Å². The Morgan fingerprint density at radius 3 is 1.73 bits per heavy atom. The zero-order valence-corrected chi connectivity index (χ0v) is 14.1. The van der Waals surface area contributed by atoms with Gasteiger partial charge in [-0.3, -0.25) is 10.4 Å². The first-order valence-corrected chi connectivity index (χ1v) is 8.00. The van der Waals surface area contributed by atoms with Gasteiger partial charge in [-0.1, -0.05) is 87.2 Å². The second kappa shape index (κ2) is 10.6. The molecule has 1 aliphatic heterocycles. The third kappa shape index (κ3) is 6.10. The van der Waals surface area contributed by atoms with Crippen LogP contribution in [0.4, 0.5) is 5.69 Å². The maximum absolute atomic E-state index is 5.22. The smallest absolute Gasteiger partial charge is 0.103 e. The molecular weight excluding hydrogens is 288 g/mol. The number of hydrogen-bond donors (Lipinski definition) is 1. The molecule has 0 bridgehead atoms. The Kier molecular flexibility index (Phi) is 8.61. The molecule has 3 rings (SSSR count). The molecule has 0 spiro atoms. The van der Waals surface area contributed by atoms with E-state index in [1.54, 1.807) is 0 Å². The summed E-state index contributed by atoms with van der Waals surface area (Å²) in [7, 11) is 0. The minimum atomic E-state index is 0.916. The van der Waals surface area contributed by atoms with E-state index in [2.05, 4.69) is 12.0 Å². The molecule has 0 amide bonds. The second-order valence-corrected chi connectivity index (χ2v) is 4.90. The number of hydrogen-bond acceptors (Lipinski definition) is 2. The van der Waals surface area contributed by atoms with Gasteiger partial charge >= 0.3 is 0 Å². The maximum Gasteiger partial charge on any atom is 0.103 e. The minimum absolute atomic E-state index is 0.916. The molecule has 1 heterocycles. The Morgan fingerprint density at radius 1 is 0.864 bits per heavy atom. The lowest BCUT2D eigenvalue weighted by Gasteiger charge is -2.21. The van der Waals surface area contributed by atoms with Crippen molar-refractivity contribution in [3.8, 4) is 0 Å². The number of para-hydroxylation sites is 1. The fourth-order valence-corrected chi connectivity index (χ4v) is 2.10. The van der Waals surface area contributed by atoms with E-state index < -0.39 is 0 Å².